The Morgan fingerprint density at radius 1 is 1.06 bits per heavy atom. The summed E-state index contributed by atoms with van der Waals surface area (Å²) in [7, 11) is 6.43. The van der Waals surface area contributed by atoms with Crippen molar-refractivity contribution in [1.82, 2.24) is 4.48 Å². The fraction of sp³-hybridized carbons (Fsp3) is 0.571. The van der Waals surface area contributed by atoms with Gasteiger partial charge in [0.2, 0.25) is 0 Å². The van der Waals surface area contributed by atoms with Gasteiger partial charge in [-0.3, -0.25) is 4.48 Å². The molecule has 0 heterocycles. The first kappa shape index (κ1) is 16.7. The van der Waals surface area contributed by atoms with E-state index in [9.17, 15) is 5.11 Å². The first-order valence-corrected chi connectivity index (χ1v) is 5.69. The molecular weight excluding hydrogens is 325 g/mol. The largest absolute Gasteiger partial charge is 1.00 e. The number of phenols is 1. The first-order valence-electron chi connectivity index (χ1n) is 5.69. The van der Waals surface area contributed by atoms with E-state index >= 15 is 0 Å². The quantitative estimate of drug-likeness (QED) is 0.567. The van der Waals surface area contributed by atoms with Gasteiger partial charge in [-0.15, -0.1) is 0 Å². The van der Waals surface area contributed by atoms with E-state index in [0.717, 1.165) is 15.6 Å². The number of halogens is 1. The Labute approximate surface area is 122 Å². The van der Waals surface area contributed by atoms with E-state index in [2.05, 4.69) is 48.0 Å². The molecule has 98 valence electrons. The third kappa shape index (κ3) is 3.85. The Bertz CT molecular complexity index is 365. The van der Waals surface area contributed by atoms with Crippen molar-refractivity contribution in [2.45, 2.75) is 33.1 Å². The molecule has 2 nitrogen and oxygen atoms in total. The van der Waals surface area contributed by atoms with Crippen molar-refractivity contribution in [1.29, 1.82) is 0 Å². The number of hydrogen-bond acceptors (Lipinski definition) is 1. The lowest BCUT2D eigenvalue weighted by Crippen LogP contribution is -3.00. The summed E-state index contributed by atoms with van der Waals surface area (Å²) in [6, 6.07) is 4.00. The van der Waals surface area contributed by atoms with Gasteiger partial charge in [0.15, 0.2) is 0 Å². The number of phenolic OH excluding ortho intramolecular Hbond substituents is 1. The third-order valence-electron chi connectivity index (χ3n) is 2.84. The van der Waals surface area contributed by atoms with Gasteiger partial charge < -0.3 is 29.1 Å². The van der Waals surface area contributed by atoms with Crippen LogP contribution in [0, 0.1) is 6.92 Å². The van der Waals surface area contributed by atoms with Crippen LogP contribution in [0.1, 0.15) is 31.9 Å². The summed E-state index contributed by atoms with van der Waals surface area (Å²) in [5, 5.41) is 10.0. The van der Waals surface area contributed by atoms with Crippen LogP contribution in [-0.2, 0) is 5.41 Å². The normalized spacial score (nSPS) is 12.2. The second-order valence-corrected chi connectivity index (χ2v) is 6.42. The number of quaternary nitrogens is 1. The Morgan fingerprint density at radius 2 is 1.53 bits per heavy atom. The number of nitrogens with zero attached hydrogens (tertiary/aromatic N) is 1. The number of benzene rings is 1. The van der Waals surface area contributed by atoms with Crippen molar-refractivity contribution in [3.05, 3.63) is 23.3 Å². The minimum Gasteiger partial charge on any atom is -1.00 e. The standard InChI is InChI=1S/C14H23NO.HI/c1-10-8-13(16)11(14(2,3)4)9-12(10)15(5,6)7;/h8-9H,1-7H3;1H. The summed E-state index contributed by atoms with van der Waals surface area (Å²) < 4.78 is 0.773. The van der Waals surface area contributed by atoms with Gasteiger partial charge in [-0.2, -0.15) is 0 Å². The monoisotopic (exact) mass is 349 g/mol. The van der Waals surface area contributed by atoms with Crippen LogP contribution in [0.15, 0.2) is 12.1 Å². The van der Waals surface area contributed by atoms with Gasteiger partial charge in [0.25, 0.3) is 0 Å². The van der Waals surface area contributed by atoms with E-state index < -0.39 is 0 Å². The molecule has 3 heteroatoms. The topological polar surface area (TPSA) is 20.2 Å². The SMILES string of the molecule is Cc1cc(O)c(C(C)(C)C)cc1[N+](C)(C)C.[I-]. The van der Waals surface area contributed by atoms with Crippen LogP contribution in [0.25, 0.3) is 0 Å². The zero-order chi connectivity index (χ0) is 12.7. The summed E-state index contributed by atoms with van der Waals surface area (Å²) >= 11 is 0. The molecular formula is C14H24INO. The molecule has 0 unspecified atom stereocenters. The molecule has 0 aromatic heterocycles. The minimum atomic E-state index is -0.0261. The zero-order valence-electron chi connectivity index (χ0n) is 11.9. The van der Waals surface area contributed by atoms with E-state index in [1.54, 1.807) is 0 Å². The van der Waals surface area contributed by atoms with Crippen LogP contribution in [-0.4, -0.2) is 26.2 Å². The Kier molecular flexibility index (Phi) is 5.06. The van der Waals surface area contributed by atoms with Crippen molar-refractivity contribution in [2.75, 3.05) is 21.1 Å². The van der Waals surface area contributed by atoms with Gasteiger partial charge in [0.1, 0.15) is 11.4 Å². The molecule has 0 bridgehead atoms. The Morgan fingerprint density at radius 3 is 1.88 bits per heavy atom. The van der Waals surface area contributed by atoms with Gasteiger partial charge in [-0.25, -0.2) is 0 Å². The highest BCUT2D eigenvalue weighted by Crippen LogP contribution is 2.36. The number of aromatic hydroxyl groups is 1. The zero-order valence-corrected chi connectivity index (χ0v) is 14.1. The maximum Gasteiger partial charge on any atom is 0.135 e. The lowest BCUT2D eigenvalue weighted by atomic mass is 9.85. The van der Waals surface area contributed by atoms with Crippen LogP contribution < -0.4 is 28.5 Å². The number of rotatable bonds is 1. The van der Waals surface area contributed by atoms with Gasteiger partial charge in [0.05, 0.1) is 21.1 Å². The molecule has 1 rings (SSSR count). The van der Waals surface area contributed by atoms with Crippen LogP contribution >= 0.6 is 0 Å². The molecule has 0 amide bonds. The van der Waals surface area contributed by atoms with Crippen molar-refractivity contribution in [3.63, 3.8) is 0 Å². The Balaban J connectivity index is 0.00000256. The van der Waals surface area contributed by atoms with Crippen molar-refractivity contribution < 1.29 is 29.1 Å². The molecule has 17 heavy (non-hydrogen) atoms. The molecule has 1 aromatic carbocycles. The lowest BCUT2D eigenvalue weighted by Gasteiger charge is -2.28. The predicted molar refractivity (Wildman–Crippen MR) is 71.1 cm³/mol. The van der Waals surface area contributed by atoms with Crippen LogP contribution in [0.3, 0.4) is 0 Å². The molecule has 0 fully saturated rings. The molecule has 0 radical (unpaired) electrons. The van der Waals surface area contributed by atoms with Crippen LogP contribution in [0.5, 0.6) is 5.75 Å². The van der Waals surface area contributed by atoms with E-state index in [1.165, 1.54) is 5.69 Å². The van der Waals surface area contributed by atoms with E-state index in [4.69, 9.17) is 0 Å². The second-order valence-electron chi connectivity index (χ2n) is 6.42. The average molecular weight is 349 g/mol. The molecule has 0 atom stereocenters. The summed E-state index contributed by atoms with van der Waals surface area (Å²) in [4.78, 5) is 0. The highest BCUT2D eigenvalue weighted by atomic mass is 127. The highest BCUT2D eigenvalue weighted by molar-refractivity contribution is 5.57. The molecule has 0 aliphatic rings. The van der Waals surface area contributed by atoms with Crippen molar-refractivity contribution >= 4 is 5.69 Å². The van der Waals surface area contributed by atoms with Gasteiger partial charge >= 0.3 is 0 Å². The van der Waals surface area contributed by atoms with Gasteiger partial charge in [-0.1, -0.05) is 20.8 Å². The average Bonchev–Trinajstić information content (AvgIpc) is 1.97. The molecule has 1 N–H and O–H groups in total. The molecule has 0 saturated carbocycles. The van der Waals surface area contributed by atoms with E-state index in [0.29, 0.717) is 5.75 Å². The van der Waals surface area contributed by atoms with Gasteiger partial charge in [0, 0.05) is 17.2 Å². The lowest BCUT2D eigenvalue weighted by molar-refractivity contribution is -0.00000538. The summed E-state index contributed by atoms with van der Waals surface area (Å²) in [6.45, 7) is 8.41. The summed E-state index contributed by atoms with van der Waals surface area (Å²) in [5.74, 6) is 0.405. The summed E-state index contributed by atoms with van der Waals surface area (Å²) in [5.41, 5.74) is 3.38. The molecule has 0 saturated heterocycles. The fourth-order valence-corrected chi connectivity index (χ4v) is 2.00. The van der Waals surface area contributed by atoms with E-state index in [1.807, 2.05) is 13.0 Å². The summed E-state index contributed by atoms with van der Waals surface area (Å²) in [6.07, 6.45) is 0. The van der Waals surface area contributed by atoms with Crippen molar-refractivity contribution in [2.24, 2.45) is 0 Å². The second kappa shape index (κ2) is 5.14. The number of aryl methyl sites for hydroxylation is 1. The molecule has 0 spiro atoms. The first-order chi connectivity index (χ1) is 7.03. The highest BCUT2D eigenvalue weighted by Gasteiger charge is 2.24. The molecule has 0 aliphatic carbocycles. The van der Waals surface area contributed by atoms with E-state index in [-0.39, 0.29) is 29.4 Å². The predicted octanol–water partition coefficient (Wildman–Crippen LogP) is 0.199. The Hall–Kier alpha value is -0.290. The maximum absolute atomic E-state index is 10.0. The number of hydrogen-bond donors (Lipinski definition) is 1. The minimum absolute atomic E-state index is 0. The fourth-order valence-electron chi connectivity index (χ4n) is 2.00. The molecule has 0 aliphatic heterocycles. The van der Waals surface area contributed by atoms with Crippen LogP contribution in [0.2, 0.25) is 0 Å². The third-order valence-corrected chi connectivity index (χ3v) is 2.84. The smallest absolute Gasteiger partial charge is 0.135 e. The van der Waals surface area contributed by atoms with Crippen molar-refractivity contribution in [3.8, 4) is 5.75 Å². The maximum atomic E-state index is 10.0. The molecule has 1 aromatic rings. The van der Waals surface area contributed by atoms with Crippen LogP contribution in [0.4, 0.5) is 5.69 Å². The van der Waals surface area contributed by atoms with Gasteiger partial charge in [-0.05, 0) is 18.4 Å².